The SMILES string of the molecule is CCCN(CCc1ccc2c(c1)CCO2)CC(=O)OCC. The zero-order valence-electron chi connectivity index (χ0n) is 13.1. The van der Waals surface area contributed by atoms with Gasteiger partial charge in [0, 0.05) is 13.0 Å². The van der Waals surface area contributed by atoms with Crippen molar-refractivity contribution >= 4 is 5.97 Å². The number of rotatable bonds is 8. The Hall–Kier alpha value is -1.55. The molecule has 0 bridgehead atoms. The van der Waals surface area contributed by atoms with Crippen LogP contribution < -0.4 is 4.74 Å². The van der Waals surface area contributed by atoms with Crippen LogP contribution >= 0.6 is 0 Å². The highest BCUT2D eigenvalue weighted by Crippen LogP contribution is 2.26. The van der Waals surface area contributed by atoms with Crippen molar-refractivity contribution in [1.29, 1.82) is 0 Å². The van der Waals surface area contributed by atoms with Gasteiger partial charge in [0.25, 0.3) is 0 Å². The fraction of sp³-hybridized carbons (Fsp3) is 0.588. The first kappa shape index (κ1) is 15.8. The Bertz CT molecular complexity index is 473. The molecule has 21 heavy (non-hydrogen) atoms. The van der Waals surface area contributed by atoms with Crippen molar-refractivity contribution in [2.24, 2.45) is 0 Å². The Morgan fingerprint density at radius 3 is 2.95 bits per heavy atom. The maximum absolute atomic E-state index is 11.6. The van der Waals surface area contributed by atoms with Gasteiger partial charge in [-0.1, -0.05) is 19.1 Å². The van der Waals surface area contributed by atoms with Gasteiger partial charge in [-0.3, -0.25) is 9.69 Å². The third kappa shape index (κ3) is 4.74. The lowest BCUT2D eigenvalue weighted by Crippen LogP contribution is -2.33. The van der Waals surface area contributed by atoms with Gasteiger partial charge in [-0.25, -0.2) is 0 Å². The number of hydrogen-bond acceptors (Lipinski definition) is 4. The Kier molecular flexibility index (Phi) is 6.05. The van der Waals surface area contributed by atoms with E-state index in [1.165, 1.54) is 11.1 Å². The minimum atomic E-state index is -0.131. The number of carbonyl (C=O) groups excluding carboxylic acids is 1. The minimum Gasteiger partial charge on any atom is -0.493 e. The molecule has 0 fully saturated rings. The van der Waals surface area contributed by atoms with E-state index in [-0.39, 0.29) is 5.97 Å². The van der Waals surface area contributed by atoms with E-state index >= 15 is 0 Å². The van der Waals surface area contributed by atoms with E-state index in [0.717, 1.165) is 44.7 Å². The highest BCUT2D eigenvalue weighted by Gasteiger charge is 2.14. The molecule has 1 aliphatic rings. The molecule has 1 heterocycles. The maximum Gasteiger partial charge on any atom is 0.320 e. The monoisotopic (exact) mass is 291 g/mol. The topological polar surface area (TPSA) is 38.8 Å². The summed E-state index contributed by atoms with van der Waals surface area (Å²) in [7, 11) is 0. The second-order valence-corrected chi connectivity index (χ2v) is 5.37. The average Bonchev–Trinajstić information content (AvgIpc) is 2.92. The Morgan fingerprint density at radius 1 is 1.33 bits per heavy atom. The summed E-state index contributed by atoms with van der Waals surface area (Å²) in [5, 5.41) is 0. The third-order valence-electron chi connectivity index (χ3n) is 3.67. The lowest BCUT2D eigenvalue weighted by atomic mass is 10.1. The first-order chi connectivity index (χ1) is 10.2. The molecule has 116 valence electrons. The predicted octanol–water partition coefficient (Wildman–Crippen LogP) is 2.44. The van der Waals surface area contributed by atoms with Crippen molar-refractivity contribution in [3.63, 3.8) is 0 Å². The van der Waals surface area contributed by atoms with Crippen molar-refractivity contribution in [3.8, 4) is 5.75 Å². The fourth-order valence-electron chi connectivity index (χ4n) is 2.66. The normalized spacial score (nSPS) is 13.1. The van der Waals surface area contributed by atoms with Gasteiger partial charge in [0.15, 0.2) is 0 Å². The van der Waals surface area contributed by atoms with Crippen LogP contribution in [0.25, 0.3) is 0 Å². The first-order valence-corrected chi connectivity index (χ1v) is 7.85. The molecule has 4 nitrogen and oxygen atoms in total. The molecule has 0 atom stereocenters. The van der Waals surface area contributed by atoms with Crippen LogP contribution in [-0.2, 0) is 22.4 Å². The Morgan fingerprint density at radius 2 is 2.19 bits per heavy atom. The molecule has 0 unspecified atom stereocenters. The summed E-state index contributed by atoms with van der Waals surface area (Å²) >= 11 is 0. The molecular formula is C17H25NO3. The predicted molar refractivity (Wildman–Crippen MR) is 82.7 cm³/mol. The lowest BCUT2D eigenvalue weighted by Gasteiger charge is -2.20. The van der Waals surface area contributed by atoms with E-state index in [4.69, 9.17) is 9.47 Å². The number of carbonyl (C=O) groups is 1. The number of nitrogens with zero attached hydrogens (tertiary/aromatic N) is 1. The highest BCUT2D eigenvalue weighted by atomic mass is 16.5. The molecule has 2 rings (SSSR count). The van der Waals surface area contributed by atoms with Crippen molar-refractivity contribution in [2.75, 3.05) is 32.8 Å². The molecule has 0 radical (unpaired) electrons. The van der Waals surface area contributed by atoms with Crippen molar-refractivity contribution < 1.29 is 14.3 Å². The lowest BCUT2D eigenvalue weighted by molar-refractivity contribution is -0.144. The van der Waals surface area contributed by atoms with Crippen LogP contribution in [0.15, 0.2) is 18.2 Å². The van der Waals surface area contributed by atoms with Gasteiger partial charge in [0.05, 0.1) is 19.8 Å². The second kappa shape index (κ2) is 8.03. The summed E-state index contributed by atoms with van der Waals surface area (Å²) in [6.07, 6.45) is 2.99. The van der Waals surface area contributed by atoms with E-state index < -0.39 is 0 Å². The summed E-state index contributed by atoms with van der Waals surface area (Å²) in [4.78, 5) is 13.8. The van der Waals surface area contributed by atoms with Crippen LogP contribution in [0.2, 0.25) is 0 Å². The van der Waals surface area contributed by atoms with E-state index in [1.54, 1.807) is 0 Å². The molecular weight excluding hydrogens is 266 g/mol. The molecule has 0 aromatic heterocycles. The van der Waals surface area contributed by atoms with Gasteiger partial charge in [-0.05, 0) is 43.5 Å². The van der Waals surface area contributed by atoms with E-state index in [9.17, 15) is 4.79 Å². The number of benzene rings is 1. The first-order valence-electron chi connectivity index (χ1n) is 7.85. The standard InChI is InChI=1S/C17H25NO3/c1-3-9-18(13-17(19)20-4-2)10-7-14-5-6-16-15(12-14)8-11-21-16/h5-6,12H,3-4,7-11,13H2,1-2H3. The van der Waals surface area contributed by atoms with E-state index in [0.29, 0.717) is 13.2 Å². The smallest absolute Gasteiger partial charge is 0.320 e. The summed E-state index contributed by atoms with van der Waals surface area (Å²) in [5.74, 6) is 0.893. The number of hydrogen-bond donors (Lipinski definition) is 0. The van der Waals surface area contributed by atoms with Crippen LogP contribution in [0.4, 0.5) is 0 Å². The zero-order chi connectivity index (χ0) is 15.1. The van der Waals surface area contributed by atoms with Crippen LogP contribution in [0.5, 0.6) is 5.75 Å². The highest BCUT2D eigenvalue weighted by molar-refractivity contribution is 5.71. The molecule has 4 heteroatoms. The van der Waals surface area contributed by atoms with Gasteiger partial charge >= 0.3 is 5.97 Å². The summed E-state index contributed by atoms with van der Waals surface area (Å²) < 4.78 is 10.6. The number of ether oxygens (including phenoxy) is 2. The molecule has 1 aromatic carbocycles. The minimum absolute atomic E-state index is 0.131. The summed E-state index contributed by atoms with van der Waals surface area (Å²) in [6.45, 7) is 7.40. The van der Waals surface area contributed by atoms with Gasteiger partial charge < -0.3 is 9.47 Å². The van der Waals surface area contributed by atoms with Gasteiger partial charge in [0.1, 0.15) is 5.75 Å². The van der Waals surface area contributed by atoms with E-state index in [1.807, 2.05) is 6.92 Å². The van der Waals surface area contributed by atoms with Gasteiger partial charge in [-0.2, -0.15) is 0 Å². The average molecular weight is 291 g/mol. The molecule has 1 aliphatic heterocycles. The van der Waals surface area contributed by atoms with Crippen molar-refractivity contribution in [3.05, 3.63) is 29.3 Å². The molecule has 0 aliphatic carbocycles. The van der Waals surface area contributed by atoms with Crippen LogP contribution in [0.3, 0.4) is 0 Å². The fourth-order valence-corrected chi connectivity index (χ4v) is 2.66. The third-order valence-corrected chi connectivity index (χ3v) is 3.67. The van der Waals surface area contributed by atoms with Crippen molar-refractivity contribution in [1.82, 2.24) is 4.90 Å². The zero-order valence-corrected chi connectivity index (χ0v) is 13.1. The van der Waals surface area contributed by atoms with Crippen LogP contribution in [0, 0.1) is 0 Å². The largest absolute Gasteiger partial charge is 0.493 e. The second-order valence-electron chi connectivity index (χ2n) is 5.37. The quantitative estimate of drug-likeness (QED) is 0.690. The van der Waals surface area contributed by atoms with Gasteiger partial charge in [-0.15, -0.1) is 0 Å². The van der Waals surface area contributed by atoms with E-state index in [2.05, 4.69) is 30.0 Å². The Balaban J connectivity index is 1.87. The van der Waals surface area contributed by atoms with Crippen molar-refractivity contribution in [2.45, 2.75) is 33.1 Å². The molecule has 0 amide bonds. The van der Waals surface area contributed by atoms with Crippen LogP contribution in [0.1, 0.15) is 31.4 Å². The van der Waals surface area contributed by atoms with Crippen LogP contribution in [-0.4, -0.2) is 43.7 Å². The Labute approximate surface area is 127 Å². The molecule has 0 saturated heterocycles. The summed E-state index contributed by atoms with van der Waals surface area (Å²) in [5.41, 5.74) is 2.61. The van der Waals surface area contributed by atoms with Gasteiger partial charge in [0.2, 0.25) is 0 Å². The molecule has 1 aromatic rings. The number of fused-ring (bicyclic) bond motifs is 1. The molecule has 0 spiro atoms. The maximum atomic E-state index is 11.6. The molecule has 0 N–H and O–H groups in total. The molecule has 0 saturated carbocycles. The number of esters is 1. The summed E-state index contributed by atoms with van der Waals surface area (Å²) in [6, 6.07) is 6.42.